The van der Waals surface area contributed by atoms with E-state index in [0.717, 1.165) is 54.6 Å². The molecule has 1 aromatic heterocycles. The van der Waals surface area contributed by atoms with Crippen LogP contribution in [0.25, 0.3) is 5.69 Å². The van der Waals surface area contributed by atoms with Crippen molar-refractivity contribution in [3.8, 4) is 5.69 Å². The van der Waals surface area contributed by atoms with E-state index in [4.69, 9.17) is 4.74 Å². The standard InChI is InChI=1S/C30H29N5O3/c36-29(32-25-9-11-26(12-10-25)33-15-17-38-18-16-33)23-7-4-8-27(19-23)35-28-13-14-34(21-24(28)20-31-35)30(37)22-5-2-1-3-6-22/h1-12,19-20H,13-18,21H2,(H,32,36). The number of nitrogens with zero attached hydrogens (tertiary/aromatic N) is 4. The van der Waals surface area contributed by atoms with Gasteiger partial charge >= 0.3 is 0 Å². The van der Waals surface area contributed by atoms with Crippen LogP contribution in [0.5, 0.6) is 0 Å². The third-order valence-corrected chi connectivity index (χ3v) is 7.10. The Kier molecular flexibility index (Phi) is 6.62. The summed E-state index contributed by atoms with van der Waals surface area (Å²) >= 11 is 0. The van der Waals surface area contributed by atoms with E-state index in [9.17, 15) is 9.59 Å². The highest BCUT2D eigenvalue weighted by molar-refractivity contribution is 6.04. The summed E-state index contributed by atoms with van der Waals surface area (Å²) in [6.07, 6.45) is 2.52. The molecule has 3 heterocycles. The molecule has 0 atom stereocenters. The highest BCUT2D eigenvalue weighted by Gasteiger charge is 2.25. The van der Waals surface area contributed by atoms with Crippen molar-refractivity contribution in [2.75, 3.05) is 43.1 Å². The number of ether oxygens (including phenoxy) is 1. The molecule has 0 bridgehead atoms. The minimum atomic E-state index is -0.174. The van der Waals surface area contributed by atoms with E-state index in [0.29, 0.717) is 30.6 Å². The van der Waals surface area contributed by atoms with Crippen LogP contribution in [-0.2, 0) is 17.7 Å². The monoisotopic (exact) mass is 507 g/mol. The van der Waals surface area contributed by atoms with Crippen LogP contribution in [0.1, 0.15) is 32.0 Å². The molecule has 2 amide bonds. The minimum absolute atomic E-state index is 0.0284. The first-order chi connectivity index (χ1) is 18.7. The second kappa shape index (κ2) is 10.5. The Hall–Kier alpha value is -4.43. The van der Waals surface area contributed by atoms with Gasteiger partial charge in [0, 0.05) is 60.7 Å². The van der Waals surface area contributed by atoms with Crippen molar-refractivity contribution >= 4 is 23.2 Å². The Morgan fingerprint density at radius 1 is 0.816 bits per heavy atom. The minimum Gasteiger partial charge on any atom is -0.378 e. The number of amides is 2. The third-order valence-electron chi connectivity index (χ3n) is 7.10. The van der Waals surface area contributed by atoms with Gasteiger partial charge < -0.3 is 19.9 Å². The van der Waals surface area contributed by atoms with Crippen LogP contribution in [0.2, 0.25) is 0 Å². The average Bonchev–Trinajstić information content (AvgIpc) is 3.41. The Labute approximate surface area is 221 Å². The number of hydrogen-bond acceptors (Lipinski definition) is 5. The first-order valence-electron chi connectivity index (χ1n) is 12.9. The molecule has 38 heavy (non-hydrogen) atoms. The molecule has 192 valence electrons. The van der Waals surface area contributed by atoms with Crippen LogP contribution in [-0.4, -0.2) is 59.3 Å². The zero-order chi connectivity index (χ0) is 25.9. The summed E-state index contributed by atoms with van der Waals surface area (Å²) in [5, 5.41) is 7.61. The fourth-order valence-corrected chi connectivity index (χ4v) is 5.05. The lowest BCUT2D eigenvalue weighted by Crippen LogP contribution is -2.36. The summed E-state index contributed by atoms with van der Waals surface area (Å²) in [5.74, 6) is -0.146. The quantitative estimate of drug-likeness (QED) is 0.439. The van der Waals surface area contributed by atoms with Crippen molar-refractivity contribution < 1.29 is 14.3 Å². The van der Waals surface area contributed by atoms with Gasteiger partial charge in [-0.15, -0.1) is 0 Å². The number of carbonyl (C=O) groups excluding carboxylic acids is 2. The highest BCUT2D eigenvalue weighted by atomic mass is 16.5. The van der Waals surface area contributed by atoms with Gasteiger partial charge in [-0.1, -0.05) is 24.3 Å². The maximum Gasteiger partial charge on any atom is 0.255 e. The maximum atomic E-state index is 13.1. The van der Waals surface area contributed by atoms with E-state index in [2.05, 4.69) is 15.3 Å². The number of fused-ring (bicyclic) bond motifs is 1. The van der Waals surface area contributed by atoms with Crippen molar-refractivity contribution in [3.63, 3.8) is 0 Å². The predicted octanol–water partition coefficient (Wildman–Crippen LogP) is 4.16. The molecule has 0 aliphatic carbocycles. The second-order valence-corrected chi connectivity index (χ2v) is 9.52. The van der Waals surface area contributed by atoms with Gasteiger partial charge in [0.1, 0.15) is 0 Å². The average molecular weight is 508 g/mol. The molecule has 4 aromatic rings. The first kappa shape index (κ1) is 23.9. The van der Waals surface area contributed by atoms with E-state index in [-0.39, 0.29) is 11.8 Å². The van der Waals surface area contributed by atoms with E-state index >= 15 is 0 Å². The summed E-state index contributed by atoms with van der Waals surface area (Å²) in [4.78, 5) is 30.1. The molecule has 0 saturated carbocycles. The summed E-state index contributed by atoms with van der Waals surface area (Å²) in [6.45, 7) is 4.35. The summed E-state index contributed by atoms with van der Waals surface area (Å²) in [5.41, 5.74) is 6.04. The summed E-state index contributed by atoms with van der Waals surface area (Å²) < 4.78 is 7.31. The Morgan fingerprint density at radius 2 is 1.58 bits per heavy atom. The van der Waals surface area contributed by atoms with Gasteiger partial charge in [-0.3, -0.25) is 9.59 Å². The van der Waals surface area contributed by atoms with Crippen LogP contribution in [0.4, 0.5) is 11.4 Å². The lowest BCUT2D eigenvalue weighted by atomic mass is 10.1. The normalized spacial score (nSPS) is 15.2. The summed E-state index contributed by atoms with van der Waals surface area (Å²) in [6, 6.07) is 24.7. The van der Waals surface area contributed by atoms with Crippen LogP contribution in [0, 0.1) is 0 Å². The van der Waals surface area contributed by atoms with E-state index in [1.165, 1.54) is 0 Å². The number of morpholine rings is 1. The van der Waals surface area contributed by atoms with E-state index in [1.807, 2.05) is 88.6 Å². The maximum absolute atomic E-state index is 13.1. The number of aromatic nitrogens is 2. The third kappa shape index (κ3) is 4.90. The molecule has 8 heteroatoms. The Morgan fingerprint density at radius 3 is 2.37 bits per heavy atom. The fourth-order valence-electron chi connectivity index (χ4n) is 5.05. The molecule has 0 spiro atoms. The van der Waals surface area contributed by atoms with Gasteiger partial charge in [-0.05, 0) is 54.6 Å². The van der Waals surface area contributed by atoms with Crippen molar-refractivity contribution in [1.82, 2.24) is 14.7 Å². The van der Waals surface area contributed by atoms with Crippen LogP contribution in [0.15, 0.2) is 85.1 Å². The van der Waals surface area contributed by atoms with E-state index in [1.54, 1.807) is 6.07 Å². The van der Waals surface area contributed by atoms with Gasteiger partial charge in [0.2, 0.25) is 0 Å². The predicted molar refractivity (Wildman–Crippen MR) is 146 cm³/mol. The number of nitrogens with one attached hydrogen (secondary N) is 1. The molecule has 3 aromatic carbocycles. The lowest BCUT2D eigenvalue weighted by molar-refractivity contribution is 0.0733. The summed E-state index contributed by atoms with van der Waals surface area (Å²) in [7, 11) is 0. The van der Waals surface area contributed by atoms with Gasteiger partial charge in [0.15, 0.2) is 0 Å². The number of hydrogen-bond donors (Lipinski definition) is 1. The SMILES string of the molecule is O=C(Nc1ccc(N2CCOCC2)cc1)c1cccc(-n2ncc3c2CCN(C(=O)c2ccccc2)C3)c1. The fraction of sp³-hybridized carbons (Fsp3) is 0.233. The number of rotatable bonds is 5. The largest absolute Gasteiger partial charge is 0.378 e. The van der Waals surface area contributed by atoms with Crippen LogP contribution < -0.4 is 10.2 Å². The van der Waals surface area contributed by atoms with Gasteiger partial charge in [-0.25, -0.2) is 4.68 Å². The molecule has 1 saturated heterocycles. The van der Waals surface area contributed by atoms with Gasteiger partial charge in [0.05, 0.1) is 30.8 Å². The second-order valence-electron chi connectivity index (χ2n) is 9.52. The van der Waals surface area contributed by atoms with Crippen LogP contribution >= 0.6 is 0 Å². The van der Waals surface area contributed by atoms with Crippen molar-refractivity contribution in [1.29, 1.82) is 0 Å². The van der Waals surface area contributed by atoms with Gasteiger partial charge in [0.25, 0.3) is 11.8 Å². The molecule has 1 N–H and O–H groups in total. The van der Waals surface area contributed by atoms with Crippen LogP contribution in [0.3, 0.4) is 0 Å². The van der Waals surface area contributed by atoms with Crippen molar-refractivity contribution in [2.24, 2.45) is 0 Å². The molecule has 6 rings (SSSR count). The smallest absolute Gasteiger partial charge is 0.255 e. The molecule has 8 nitrogen and oxygen atoms in total. The number of carbonyl (C=O) groups is 2. The topological polar surface area (TPSA) is 79.7 Å². The molecule has 1 fully saturated rings. The molecule has 2 aliphatic heterocycles. The molecule has 0 unspecified atom stereocenters. The number of anilines is 2. The van der Waals surface area contributed by atoms with Crippen molar-refractivity contribution in [2.45, 2.75) is 13.0 Å². The van der Waals surface area contributed by atoms with Crippen molar-refractivity contribution in [3.05, 3.63) is 107 Å². The molecule has 2 aliphatic rings. The van der Waals surface area contributed by atoms with E-state index < -0.39 is 0 Å². The zero-order valence-electron chi connectivity index (χ0n) is 21.0. The molecular weight excluding hydrogens is 478 g/mol. The Balaban J connectivity index is 1.14. The lowest BCUT2D eigenvalue weighted by Gasteiger charge is -2.28. The zero-order valence-corrected chi connectivity index (χ0v) is 21.0. The Bertz CT molecular complexity index is 1440. The van der Waals surface area contributed by atoms with Gasteiger partial charge in [-0.2, -0.15) is 5.10 Å². The first-order valence-corrected chi connectivity index (χ1v) is 12.9. The molecule has 0 radical (unpaired) electrons. The number of benzene rings is 3. The molecular formula is C30H29N5O3. The highest BCUT2D eigenvalue weighted by Crippen LogP contribution is 2.24.